The van der Waals surface area contributed by atoms with Crippen molar-refractivity contribution in [3.8, 4) is 0 Å². The zero-order chi connectivity index (χ0) is 9.09. The Kier molecular flexibility index (Phi) is 1.35. The van der Waals surface area contributed by atoms with Gasteiger partial charge >= 0.3 is 5.97 Å². The smallest absolute Gasteiger partial charge is 0.310 e. The Morgan fingerprint density at radius 2 is 2.17 bits per heavy atom. The minimum atomic E-state index is -0.536. The highest BCUT2D eigenvalue weighted by Crippen LogP contribution is 2.65. The molecule has 68 valence electrons. The molecule has 2 rings (SSSR count). The molecule has 0 bridgehead atoms. The normalized spacial score (nSPS) is 45.0. The first-order valence-electron chi connectivity index (χ1n) is 4.35. The number of esters is 1. The lowest BCUT2D eigenvalue weighted by Gasteiger charge is -2.19. The molecule has 1 saturated carbocycles. The summed E-state index contributed by atoms with van der Waals surface area (Å²) in [6, 6.07) is 0. The van der Waals surface area contributed by atoms with E-state index in [-0.39, 0.29) is 29.3 Å². The number of aliphatic hydroxyl groups is 1. The largest absolute Gasteiger partial charge is 0.459 e. The number of hydrogen-bond donors (Lipinski definition) is 1. The third-order valence-corrected chi connectivity index (χ3v) is 3.25. The van der Waals surface area contributed by atoms with Crippen molar-refractivity contribution in [1.29, 1.82) is 0 Å². The van der Waals surface area contributed by atoms with Crippen LogP contribution in [0.15, 0.2) is 0 Å². The van der Waals surface area contributed by atoms with Gasteiger partial charge in [0.25, 0.3) is 0 Å². The highest BCUT2D eigenvalue weighted by molar-refractivity contribution is 5.80. The number of carbonyl (C=O) groups excluding carboxylic acids is 1. The Bertz CT molecular complexity index is 232. The molecular formula is C9H14O3. The Morgan fingerprint density at radius 3 is 2.42 bits per heavy atom. The lowest BCUT2D eigenvalue weighted by molar-refractivity contribution is -0.151. The Morgan fingerprint density at radius 1 is 1.58 bits per heavy atom. The van der Waals surface area contributed by atoms with E-state index in [1.807, 2.05) is 0 Å². The van der Waals surface area contributed by atoms with Gasteiger partial charge in [-0.3, -0.25) is 4.79 Å². The number of cyclic esters (lactones) is 1. The van der Waals surface area contributed by atoms with Crippen molar-refractivity contribution in [3.63, 3.8) is 0 Å². The summed E-state index contributed by atoms with van der Waals surface area (Å²) in [7, 11) is 0. The van der Waals surface area contributed by atoms with Crippen LogP contribution in [0.4, 0.5) is 0 Å². The number of carbonyl (C=O) groups is 1. The molecule has 1 heterocycles. The van der Waals surface area contributed by atoms with Crippen LogP contribution in [-0.2, 0) is 9.53 Å². The molecule has 0 amide bonds. The summed E-state index contributed by atoms with van der Waals surface area (Å²) < 4.78 is 5.03. The van der Waals surface area contributed by atoms with Crippen LogP contribution >= 0.6 is 0 Å². The fourth-order valence-corrected chi connectivity index (χ4v) is 2.42. The number of ether oxygens (including phenoxy) is 1. The maximum Gasteiger partial charge on any atom is 0.310 e. The van der Waals surface area contributed by atoms with E-state index in [0.29, 0.717) is 0 Å². The monoisotopic (exact) mass is 170 g/mol. The van der Waals surface area contributed by atoms with Crippen molar-refractivity contribution in [3.05, 3.63) is 0 Å². The number of hydrogen-bond acceptors (Lipinski definition) is 3. The van der Waals surface area contributed by atoms with Gasteiger partial charge in [0.05, 0.1) is 12.0 Å². The second-order valence-electron chi connectivity index (χ2n) is 4.47. The summed E-state index contributed by atoms with van der Waals surface area (Å²) >= 11 is 0. The summed E-state index contributed by atoms with van der Waals surface area (Å²) in [5.41, 5.74) is 0.0526. The minimum absolute atomic E-state index is 0.0390. The first-order valence-corrected chi connectivity index (χ1v) is 4.35. The molecule has 0 radical (unpaired) electrons. The Balaban J connectivity index is 2.19. The fraction of sp³-hybridized carbons (Fsp3) is 0.889. The van der Waals surface area contributed by atoms with Crippen LogP contribution < -0.4 is 0 Å². The molecule has 1 aliphatic carbocycles. The van der Waals surface area contributed by atoms with Crippen LogP contribution in [0.25, 0.3) is 0 Å². The molecule has 0 aromatic carbocycles. The molecule has 3 nitrogen and oxygen atoms in total. The maximum atomic E-state index is 11.2. The van der Waals surface area contributed by atoms with E-state index in [4.69, 9.17) is 4.74 Å². The average molecular weight is 170 g/mol. The van der Waals surface area contributed by atoms with Crippen LogP contribution in [-0.4, -0.2) is 23.3 Å². The molecule has 12 heavy (non-hydrogen) atoms. The van der Waals surface area contributed by atoms with Gasteiger partial charge in [-0.2, -0.15) is 0 Å². The van der Waals surface area contributed by atoms with Crippen molar-refractivity contribution in [1.82, 2.24) is 0 Å². The molecule has 1 saturated heterocycles. The Labute approximate surface area is 71.7 Å². The molecule has 0 spiro atoms. The van der Waals surface area contributed by atoms with Crippen LogP contribution in [0.2, 0.25) is 0 Å². The lowest BCUT2D eigenvalue weighted by atomic mass is 10.0. The highest BCUT2D eigenvalue weighted by Gasteiger charge is 2.71. The second kappa shape index (κ2) is 2.02. The molecule has 2 aliphatic rings. The summed E-state index contributed by atoms with van der Waals surface area (Å²) in [4.78, 5) is 11.2. The average Bonchev–Trinajstić information content (AvgIpc) is 2.37. The number of rotatable bonds is 1. The molecule has 2 fully saturated rings. The van der Waals surface area contributed by atoms with E-state index in [1.54, 1.807) is 6.92 Å². The molecule has 0 aromatic heterocycles. The van der Waals surface area contributed by atoms with Crippen LogP contribution in [0.5, 0.6) is 0 Å². The number of fused-ring (bicyclic) bond motifs is 1. The molecule has 3 heteroatoms. The van der Waals surface area contributed by atoms with E-state index >= 15 is 0 Å². The van der Waals surface area contributed by atoms with Gasteiger partial charge < -0.3 is 9.84 Å². The van der Waals surface area contributed by atoms with E-state index in [1.165, 1.54) is 0 Å². The topological polar surface area (TPSA) is 46.5 Å². The third-order valence-electron chi connectivity index (χ3n) is 3.25. The highest BCUT2D eigenvalue weighted by atomic mass is 16.6. The first kappa shape index (κ1) is 8.05. The molecule has 1 aliphatic heterocycles. The van der Waals surface area contributed by atoms with Crippen molar-refractivity contribution in [2.45, 2.75) is 33.0 Å². The molecular weight excluding hydrogens is 156 g/mol. The van der Waals surface area contributed by atoms with Crippen LogP contribution in [0.3, 0.4) is 0 Å². The molecule has 4 unspecified atom stereocenters. The van der Waals surface area contributed by atoms with Crippen LogP contribution in [0.1, 0.15) is 20.8 Å². The third kappa shape index (κ3) is 0.774. The lowest BCUT2D eigenvalue weighted by Crippen LogP contribution is -2.29. The quantitative estimate of drug-likeness (QED) is 0.585. The molecule has 0 aromatic rings. The predicted molar refractivity (Wildman–Crippen MR) is 42.3 cm³/mol. The fourth-order valence-electron chi connectivity index (χ4n) is 2.42. The van der Waals surface area contributed by atoms with Crippen molar-refractivity contribution in [2.24, 2.45) is 17.3 Å². The van der Waals surface area contributed by atoms with Gasteiger partial charge in [-0.1, -0.05) is 13.8 Å². The van der Waals surface area contributed by atoms with Gasteiger partial charge in [-0.25, -0.2) is 0 Å². The van der Waals surface area contributed by atoms with Crippen LogP contribution in [0, 0.1) is 17.3 Å². The maximum absolute atomic E-state index is 11.2. The van der Waals surface area contributed by atoms with E-state index in [0.717, 1.165) is 0 Å². The minimum Gasteiger partial charge on any atom is -0.459 e. The molecule has 4 atom stereocenters. The van der Waals surface area contributed by atoms with Gasteiger partial charge in [0.15, 0.2) is 0 Å². The summed E-state index contributed by atoms with van der Waals surface area (Å²) in [5, 5.41) is 9.32. The molecule has 1 N–H and O–H groups in total. The van der Waals surface area contributed by atoms with Gasteiger partial charge in [-0.05, 0) is 12.3 Å². The van der Waals surface area contributed by atoms with Gasteiger partial charge in [0, 0.05) is 5.92 Å². The zero-order valence-electron chi connectivity index (χ0n) is 7.57. The number of aliphatic hydroxyl groups excluding tert-OH is 1. The SMILES string of the molecule is CC(O)C1OC(=O)C2C1C2(C)C. The summed E-state index contributed by atoms with van der Waals surface area (Å²) in [6.07, 6.45) is -0.803. The summed E-state index contributed by atoms with van der Waals surface area (Å²) in [6.45, 7) is 5.78. The standard InChI is InChI=1S/C9H14O3/c1-4(10)7-5-6(8(11)12-7)9(5,2)3/h4-7,10H,1-3H3. The Hall–Kier alpha value is -0.570. The van der Waals surface area contributed by atoms with Crippen molar-refractivity contribution >= 4 is 5.97 Å². The van der Waals surface area contributed by atoms with Gasteiger partial charge in [0.1, 0.15) is 6.10 Å². The predicted octanol–water partition coefficient (Wildman–Crippen LogP) is 0.565. The zero-order valence-corrected chi connectivity index (χ0v) is 7.57. The van der Waals surface area contributed by atoms with Gasteiger partial charge in [-0.15, -0.1) is 0 Å². The van der Waals surface area contributed by atoms with E-state index in [9.17, 15) is 9.90 Å². The summed E-state index contributed by atoms with van der Waals surface area (Å²) in [5.74, 6) is 0.151. The van der Waals surface area contributed by atoms with E-state index in [2.05, 4.69) is 13.8 Å². The second-order valence-corrected chi connectivity index (χ2v) is 4.47. The van der Waals surface area contributed by atoms with Gasteiger partial charge in [0.2, 0.25) is 0 Å². The van der Waals surface area contributed by atoms with Crippen molar-refractivity contribution < 1.29 is 14.6 Å². The first-order chi connectivity index (χ1) is 5.46. The van der Waals surface area contributed by atoms with Crippen molar-refractivity contribution in [2.75, 3.05) is 0 Å². The van der Waals surface area contributed by atoms with E-state index < -0.39 is 6.10 Å².